The van der Waals surface area contributed by atoms with Crippen molar-refractivity contribution in [3.05, 3.63) is 12.2 Å². The summed E-state index contributed by atoms with van der Waals surface area (Å²) in [6.07, 6.45) is 9.82. The molecule has 0 radical (unpaired) electrons. The van der Waals surface area contributed by atoms with E-state index in [0.717, 1.165) is 38.5 Å². The molecule has 7 atom stereocenters. The largest absolute Gasteiger partial charge is 0.480 e. The molecular formula is C23H34N2O4. The van der Waals surface area contributed by atoms with E-state index in [1.165, 1.54) is 0 Å². The topological polar surface area (TPSA) is 95.5 Å². The van der Waals surface area contributed by atoms with Gasteiger partial charge in [-0.05, 0) is 81.6 Å². The molecule has 3 saturated carbocycles. The molecule has 29 heavy (non-hydrogen) atoms. The maximum Gasteiger partial charge on any atom is 0.328 e. The number of carbonyl (C=O) groups excluding carboxylic acids is 2. The Morgan fingerprint density at radius 1 is 1.14 bits per heavy atom. The van der Waals surface area contributed by atoms with Gasteiger partial charge in [0.1, 0.15) is 5.54 Å². The van der Waals surface area contributed by atoms with Crippen molar-refractivity contribution in [2.45, 2.75) is 77.8 Å². The van der Waals surface area contributed by atoms with Crippen molar-refractivity contribution in [2.75, 3.05) is 0 Å². The predicted molar refractivity (Wildman–Crippen MR) is 109 cm³/mol. The van der Waals surface area contributed by atoms with Gasteiger partial charge in [-0.25, -0.2) is 4.79 Å². The average Bonchev–Trinajstić information content (AvgIpc) is 2.99. The highest BCUT2D eigenvalue weighted by atomic mass is 16.4. The van der Waals surface area contributed by atoms with Crippen LogP contribution in [0.15, 0.2) is 12.2 Å². The Morgan fingerprint density at radius 2 is 1.86 bits per heavy atom. The van der Waals surface area contributed by atoms with E-state index in [4.69, 9.17) is 0 Å². The van der Waals surface area contributed by atoms with Gasteiger partial charge in [0, 0.05) is 17.4 Å². The summed E-state index contributed by atoms with van der Waals surface area (Å²) in [5, 5.41) is 15.4. The third-order valence-corrected chi connectivity index (χ3v) is 8.97. The number of hydrogen-bond acceptors (Lipinski definition) is 3. The van der Waals surface area contributed by atoms with Crippen molar-refractivity contribution in [1.82, 2.24) is 10.6 Å². The second-order valence-electron chi connectivity index (χ2n) is 10.8. The molecule has 3 N–H and O–H groups in total. The summed E-state index contributed by atoms with van der Waals surface area (Å²) in [5.74, 6) is 0.337. The number of amides is 2. The molecular weight excluding hydrogens is 368 g/mol. The Balaban J connectivity index is 1.56. The van der Waals surface area contributed by atoms with Gasteiger partial charge in [-0.2, -0.15) is 0 Å². The Kier molecular flexibility index (Phi) is 4.63. The van der Waals surface area contributed by atoms with Crippen LogP contribution in [0.5, 0.6) is 0 Å². The van der Waals surface area contributed by atoms with Crippen molar-refractivity contribution in [2.24, 2.45) is 34.5 Å². The minimum absolute atomic E-state index is 0.0101. The average molecular weight is 403 g/mol. The second kappa shape index (κ2) is 6.58. The molecule has 4 rings (SSSR count). The van der Waals surface area contributed by atoms with Gasteiger partial charge in [-0.1, -0.05) is 19.9 Å². The van der Waals surface area contributed by atoms with Gasteiger partial charge >= 0.3 is 5.97 Å². The molecule has 0 aromatic carbocycles. The Bertz CT molecular complexity index is 775. The van der Waals surface area contributed by atoms with Crippen LogP contribution in [0, 0.1) is 34.5 Å². The number of carbonyl (C=O) groups is 3. The van der Waals surface area contributed by atoms with Crippen LogP contribution in [0.3, 0.4) is 0 Å². The molecule has 1 aliphatic heterocycles. The molecule has 3 unspecified atom stereocenters. The van der Waals surface area contributed by atoms with Crippen molar-refractivity contribution < 1.29 is 19.5 Å². The second-order valence-corrected chi connectivity index (χ2v) is 10.8. The van der Waals surface area contributed by atoms with E-state index in [1.54, 1.807) is 19.9 Å². The Morgan fingerprint density at radius 3 is 2.55 bits per heavy atom. The van der Waals surface area contributed by atoms with E-state index in [1.807, 2.05) is 0 Å². The van der Waals surface area contributed by atoms with Crippen LogP contribution in [-0.4, -0.2) is 34.5 Å². The van der Waals surface area contributed by atoms with Crippen LogP contribution in [0.1, 0.15) is 66.2 Å². The fourth-order valence-electron chi connectivity index (χ4n) is 7.21. The SMILES string of the molecule is CC(C)(NC(=O)[C@@H]1CCC2C3CC[C@@H]4NC(=O)C=C[C@@]4(C)C3CC[C@]21C)C(=O)O. The molecule has 3 fully saturated rings. The maximum atomic E-state index is 13.1. The molecule has 0 spiro atoms. The monoisotopic (exact) mass is 402 g/mol. The normalized spacial score (nSPS) is 43.6. The fraction of sp³-hybridized carbons (Fsp3) is 0.783. The molecule has 160 valence electrons. The molecule has 1 heterocycles. The molecule has 6 nitrogen and oxygen atoms in total. The van der Waals surface area contributed by atoms with Gasteiger partial charge < -0.3 is 15.7 Å². The van der Waals surface area contributed by atoms with Crippen molar-refractivity contribution in [3.63, 3.8) is 0 Å². The highest BCUT2D eigenvalue weighted by Crippen LogP contribution is 2.65. The third-order valence-electron chi connectivity index (χ3n) is 8.97. The van der Waals surface area contributed by atoms with Crippen molar-refractivity contribution >= 4 is 17.8 Å². The van der Waals surface area contributed by atoms with Crippen LogP contribution in [-0.2, 0) is 14.4 Å². The predicted octanol–water partition coefficient (Wildman–Crippen LogP) is 2.88. The lowest BCUT2D eigenvalue weighted by molar-refractivity contribution is -0.148. The molecule has 2 amide bonds. The lowest BCUT2D eigenvalue weighted by atomic mass is 9.48. The summed E-state index contributed by atoms with van der Waals surface area (Å²) < 4.78 is 0. The zero-order valence-electron chi connectivity index (χ0n) is 18.0. The number of carboxylic acid groups (broad SMARTS) is 1. The third kappa shape index (κ3) is 3.01. The summed E-state index contributed by atoms with van der Waals surface area (Å²) in [7, 11) is 0. The molecule has 6 heteroatoms. The number of carboxylic acids is 1. The molecule has 0 bridgehead atoms. The lowest BCUT2D eigenvalue weighted by Crippen LogP contribution is -2.60. The van der Waals surface area contributed by atoms with Gasteiger partial charge in [0.25, 0.3) is 0 Å². The highest BCUT2D eigenvalue weighted by Gasteiger charge is 2.61. The summed E-state index contributed by atoms with van der Waals surface area (Å²) in [5.41, 5.74) is -1.34. The summed E-state index contributed by atoms with van der Waals surface area (Å²) in [6, 6.07) is 0.211. The van der Waals surface area contributed by atoms with E-state index in [9.17, 15) is 19.5 Å². The zero-order valence-corrected chi connectivity index (χ0v) is 18.0. The van der Waals surface area contributed by atoms with Gasteiger partial charge in [-0.15, -0.1) is 0 Å². The first-order valence-electron chi connectivity index (χ1n) is 11.0. The van der Waals surface area contributed by atoms with E-state index >= 15 is 0 Å². The minimum atomic E-state index is -1.25. The van der Waals surface area contributed by atoms with Crippen LogP contribution >= 0.6 is 0 Å². The van der Waals surface area contributed by atoms with Crippen LogP contribution < -0.4 is 10.6 Å². The van der Waals surface area contributed by atoms with Crippen molar-refractivity contribution in [3.8, 4) is 0 Å². The molecule has 0 aromatic heterocycles. The zero-order chi connectivity index (χ0) is 21.2. The smallest absolute Gasteiger partial charge is 0.328 e. The Labute approximate surface area is 172 Å². The quantitative estimate of drug-likeness (QED) is 0.676. The van der Waals surface area contributed by atoms with E-state index in [-0.39, 0.29) is 34.6 Å². The van der Waals surface area contributed by atoms with Gasteiger partial charge in [-0.3, -0.25) is 9.59 Å². The van der Waals surface area contributed by atoms with Crippen LogP contribution in [0.4, 0.5) is 0 Å². The molecule has 3 aliphatic carbocycles. The van der Waals surface area contributed by atoms with E-state index in [0.29, 0.717) is 17.8 Å². The number of nitrogens with one attached hydrogen (secondary N) is 2. The first-order valence-corrected chi connectivity index (χ1v) is 11.0. The first-order chi connectivity index (χ1) is 13.5. The summed E-state index contributed by atoms with van der Waals surface area (Å²) in [4.78, 5) is 36.4. The minimum Gasteiger partial charge on any atom is -0.480 e. The number of hydrogen-bond donors (Lipinski definition) is 3. The number of aliphatic carboxylic acids is 1. The molecule has 0 aromatic rings. The summed E-state index contributed by atoms with van der Waals surface area (Å²) >= 11 is 0. The van der Waals surface area contributed by atoms with E-state index in [2.05, 4.69) is 30.6 Å². The maximum absolute atomic E-state index is 13.1. The highest BCUT2D eigenvalue weighted by molar-refractivity contribution is 5.89. The van der Waals surface area contributed by atoms with Crippen LogP contribution in [0.2, 0.25) is 0 Å². The standard InChI is InChI=1S/C23H34N2O4/c1-21(2,20(28)29)25-19(27)16-7-6-14-13-5-8-17-23(4,12-10-18(26)24-17)15(13)9-11-22(14,16)3/h10,12-17H,5-9,11H2,1-4H3,(H,24,26)(H,25,27)(H,28,29)/t13?,14?,15?,16-,17-,22+,23-/m0/s1. The molecule has 0 saturated heterocycles. The van der Waals surface area contributed by atoms with E-state index < -0.39 is 11.5 Å². The first kappa shape index (κ1) is 20.4. The van der Waals surface area contributed by atoms with Gasteiger partial charge in [0.05, 0.1) is 0 Å². The fourth-order valence-corrected chi connectivity index (χ4v) is 7.21. The Hall–Kier alpha value is -1.85. The van der Waals surface area contributed by atoms with Crippen molar-refractivity contribution in [1.29, 1.82) is 0 Å². The van der Waals surface area contributed by atoms with Gasteiger partial charge in [0.2, 0.25) is 11.8 Å². The van der Waals surface area contributed by atoms with Gasteiger partial charge in [0.15, 0.2) is 0 Å². The summed E-state index contributed by atoms with van der Waals surface area (Å²) in [6.45, 7) is 7.64. The number of rotatable bonds is 3. The molecule has 4 aliphatic rings. The number of fused-ring (bicyclic) bond motifs is 5. The lowest BCUT2D eigenvalue weighted by Gasteiger charge is -2.58. The van der Waals surface area contributed by atoms with Crippen LogP contribution in [0.25, 0.3) is 0 Å².